The van der Waals surface area contributed by atoms with Gasteiger partial charge >= 0.3 is 0 Å². The van der Waals surface area contributed by atoms with E-state index in [1.165, 1.54) is 32.1 Å². The van der Waals surface area contributed by atoms with Crippen LogP contribution in [0.25, 0.3) is 0 Å². The average Bonchev–Trinajstić information content (AvgIpc) is 2.29. The van der Waals surface area contributed by atoms with Crippen molar-refractivity contribution in [1.29, 1.82) is 0 Å². The van der Waals surface area contributed by atoms with Gasteiger partial charge in [0.15, 0.2) is 0 Å². The molecule has 0 aromatic heterocycles. The third-order valence-electron chi connectivity index (χ3n) is 2.86. The van der Waals surface area contributed by atoms with Gasteiger partial charge in [0.1, 0.15) is 0 Å². The van der Waals surface area contributed by atoms with E-state index in [1.807, 2.05) is 0 Å². The smallest absolute Gasteiger partial charge is 0.219 e. The average molecular weight is 306 g/mol. The molecule has 3 heteroatoms. The molecule has 0 radical (unpaired) electrons. The predicted molar refractivity (Wildman–Crippen MR) is 78.6 cm³/mol. The van der Waals surface area contributed by atoms with Gasteiger partial charge in [0, 0.05) is 17.8 Å². The van der Waals surface area contributed by atoms with Gasteiger partial charge < -0.3 is 5.32 Å². The summed E-state index contributed by atoms with van der Waals surface area (Å²) in [6.07, 6.45) is 10.4. The molecule has 0 bridgehead atoms. The van der Waals surface area contributed by atoms with Crippen molar-refractivity contribution in [2.75, 3.05) is 6.54 Å². The fourth-order valence-corrected chi connectivity index (χ4v) is 2.09. The van der Waals surface area contributed by atoms with Crippen molar-refractivity contribution >= 4 is 21.8 Å². The monoisotopic (exact) mass is 305 g/mol. The molecule has 0 aromatic rings. The SMILES string of the molecule is CCCCCCCCC(=O)NCCCC(C)Br. The fourth-order valence-electron chi connectivity index (χ4n) is 1.77. The third kappa shape index (κ3) is 13.9. The predicted octanol–water partition coefficient (Wildman–Crippen LogP) is 4.42. The minimum atomic E-state index is 0.225. The van der Waals surface area contributed by atoms with Gasteiger partial charge in [0.05, 0.1) is 0 Å². The number of rotatable bonds is 11. The van der Waals surface area contributed by atoms with E-state index in [4.69, 9.17) is 0 Å². The minimum absolute atomic E-state index is 0.225. The molecule has 0 fully saturated rings. The molecule has 0 heterocycles. The van der Waals surface area contributed by atoms with E-state index in [-0.39, 0.29) is 5.91 Å². The Kier molecular flexibility index (Phi) is 12.4. The lowest BCUT2D eigenvalue weighted by Crippen LogP contribution is -2.24. The van der Waals surface area contributed by atoms with Crippen molar-refractivity contribution in [3.63, 3.8) is 0 Å². The molecule has 0 aliphatic heterocycles. The summed E-state index contributed by atoms with van der Waals surface area (Å²) in [4.78, 5) is 12.0. The molecule has 0 saturated carbocycles. The number of carbonyl (C=O) groups is 1. The number of hydrogen-bond donors (Lipinski definition) is 1. The largest absolute Gasteiger partial charge is 0.356 e. The van der Waals surface area contributed by atoms with E-state index in [0.717, 1.165) is 25.8 Å². The fraction of sp³-hybridized carbons (Fsp3) is 0.929. The number of amides is 1. The first kappa shape index (κ1) is 16.9. The highest BCUT2D eigenvalue weighted by atomic mass is 79.9. The maximum absolute atomic E-state index is 11.5. The van der Waals surface area contributed by atoms with Crippen molar-refractivity contribution in [2.24, 2.45) is 0 Å². The van der Waals surface area contributed by atoms with Gasteiger partial charge in [0.25, 0.3) is 0 Å². The summed E-state index contributed by atoms with van der Waals surface area (Å²) in [6, 6.07) is 0. The van der Waals surface area contributed by atoms with Crippen LogP contribution in [-0.4, -0.2) is 17.3 Å². The van der Waals surface area contributed by atoms with Crippen molar-refractivity contribution in [3.05, 3.63) is 0 Å². The van der Waals surface area contributed by atoms with Gasteiger partial charge in [-0.15, -0.1) is 0 Å². The van der Waals surface area contributed by atoms with Gasteiger partial charge in [0.2, 0.25) is 5.91 Å². The Morgan fingerprint density at radius 2 is 1.76 bits per heavy atom. The first-order valence-electron chi connectivity index (χ1n) is 7.07. The van der Waals surface area contributed by atoms with Crippen LogP contribution in [0.1, 0.15) is 71.6 Å². The van der Waals surface area contributed by atoms with Crippen LogP contribution in [0.15, 0.2) is 0 Å². The second kappa shape index (κ2) is 12.4. The number of nitrogens with one attached hydrogen (secondary N) is 1. The first-order valence-corrected chi connectivity index (χ1v) is 7.99. The molecule has 1 amide bonds. The lowest BCUT2D eigenvalue weighted by Gasteiger charge is -2.06. The van der Waals surface area contributed by atoms with E-state index >= 15 is 0 Å². The zero-order chi connectivity index (χ0) is 12.9. The highest BCUT2D eigenvalue weighted by Crippen LogP contribution is 2.07. The molecule has 1 atom stereocenters. The van der Waals surface area contributed by atoms with Crippen LogP contribution >= 0.6 is 15.9 Å². The number of alkyl halides is 1. The van der Waals surface area contributed by atoms with Crippen LogP contribution in [-0.2, 0) is 4.79 Å². The highest BCUT2D eigenvalue weighted by molar-refractivity contribution is 9.09. The number of halogens is 1. The van der Waals surface area contributed by atoms with Gasteiger partial charge in [-0.25, -0.2) is 0 Å². The van der Waals surface area contributed by atoms with Crippen LogP contribution in [0.3, 0.4) is 0 Å². The van der Waals surface area contributed by atoms with Gasteiger partial charge in [-0.05, 0) is 19.3 Å². The Morgan fingerprint density at radius 1 is 1.12 bits per heavy atom. The molecule has 0 spiro atoms. The standard InChI is InChI=1S/C14H28BrNO/c1-3-4-5-6-7-8-11-14(17)16-12-9-10-13(2)15/h13H,3-12H2,1-2H3,(H,16,17). The molecule has 0 aliphatic rings. The summed E-state index contributed by atoms with van der Waals surface area (Å²) in [6.45, 7) is 5.18. The van der Waals surface area contributed by atoms with E-state index in [9.17, 15) is 4.79 Å². The van der Waals surface area contributed by atoms with Gasteiger partial charge in [-0.2, -0.15) is 0 Å². The zero-order valence-electron chi connectivity index (χ0n) is 11.4. The summed E-state index contributed by atoms with van der Waals surface area (Å²) >= 11 is 3.50. The molecule has 2 nitrogen and oxygen atoms in total. The maximum atomic E-state index is 11.5. The summed E-state index contributed by atoms with van der Waals surface area (Å²) in [5, 5.41) is 2.98. The highest BCUT2D eigenvalue weighted by Gasteiger charge is 2.01. The lowest BCUT2D eigenvalue weighted by molar-refractivity contribution is -0.121. The Morgan fingerprint density at radius 3 is 2.41 bits per heavy atom. The Hall–Kier alpha value is -0.0500. The summed E-state index contributed by atoms with van der Waals surface area (Å²) < 4.78 is 0. The van der Waals surface area contributed by atoms with Crippen molar-refractivity contribution in [2.45, 2.75) is 76.5 Å². The minimum Gasteiger partial charge on any atom is -0.356 e. The molecule has 0 aliphatic carbocycles. The number of hydrogen-bond acceptors (Lipinski definition) is 1. The van der Waals surface area contributed by atoms with Crippen molar-refractivity contribution in [3.8, 4) is 0 Å². The summed E-state index contributed by atoms with van der Waals surface area (Å²) in [5.41, 5.74) is 0. The summed E-state index contributed by atoms with van der Waals surface area (Å²) in [5.74, 6) is 0.225. The molecule has 0 aromatic carbocycles. The van der Waals surface area contributed by atoms with Gasteiger partial charge in [-0.1, -0.05) is 61.9 Å². The van der Waals surface area contributed by atoms with Crippen LogP contribution in [0.2, 0.25) is 0 Å². The Balaban J connectivity index is 3.18. The van der Waals surface area contributed by atoms with Crippen molar-refractivity contribution in [1.82, 2.24) is 5.32 Å². The maximum Gasteiger partial charge on any atom is 0.219 e. The molecular formula is C14H28BrNO. The molecular weight excluding hydrogens is 278 g/mol. The van der Waals surface area contributed by atoms with Crippen LogP contribution < -0.4 is 5.32 Å². The molecule has 0 saturated heterocycles. The molecule has 1 N–H and O–H groups in total. The molecule has 1 unspecified atom stereocenters. The van der Waals surface area contributed by atoms with E-state index < -0.39 is 0 Å². The second-order valence-electron chi connectivity index (χ2n) is 4.79. The number of carbonyl (C=O) groups excluding carboxylic acids is 1. The topological polar surface area (TPSA) is 29.1 Å². The van der Waals surface area contributed by atoms with Crippen LogP contribution in [0.4, 0.5) is 0 Å². The molecule has 17 heavy (non-hydrogen) atoms. The third-order valence-corrected chi connectivity index (χ3v) is 3.32. The quantitative estimate of drug-likeness (QED) is 0.444. The first-order chi connectivity index (χ1) is 8.16. The summed E-state index contributed by atoms with van der Waals surface area (Å²) in [7, 11) is 0. The normalized spacial score (nSPS) is 12.4. The Bertz CT molecular complexity index is 183. The van der Waals surface area contributed by atoms with Crippen LogP contribution in [0, 0.1) is 0 Å². The zero-order valence-corrected chi connectivity index (χ0v) is 13.0. The molecule has 0 rings (SSSR count). The number of unbranched alkanes of at least 4 members (excludes halogenated alkanes) is 5. The lowest BCUT2D eigenvalue weighted by atomic mass is 10.1. The van der Waals surface area contributed by atoms with Crippen molar-refractivity contribution < 1.29 is 4.79 Å². The van der Waals surface area contributed by atoms with E-state index in [1.54, 1.807) is 0 Å². The van der Waals surface area contributed by atoms with Gasteiger partial charge in [-0.3, -0.25) is 4.79 Å². The van der Waals surface area contributed by atoms with E-state index in [2.05, 4.69) is 35.1 Å². The van der Waals surface area contributed by atoms with Crippen LogP contribution in [0.5, 0.6) is 0 Å². The molecule has 102 valence electrons. The Labute approximate surface area is 115 Å². The second-order valence-corrected chi connectivity index (χ2v) is 6.35. The van der Waals surface area contributed by atoms with E-state index in [0.29, 0.717) is 11.2 Å².